The molecule has 6 N–H and O–H groups in total. The number of aliphatic hydroxyl groups excluding tert-OH is 4. The number of carbonyl (C=O) groups excluding carboxylic acids is 4. The molecule has 0 unspecified atom stereocenters. The van der Waals surface area contributed by atoms with Gasteiger partial charge in [0.05, 0.1) is 0 Å². The predicted molar refractivity (Wildman–Crippen MR) is 102 cm³/mol. The number of rotatable bonds is 15. The predicted octanol–water partition coefficient (Wildman–Crippen LogP) is -2.94. The van der Waals surface area contributed by atoms with E-state index in [0.717, 1.165) is 0 Å². The van der Waals surface area contributed by atoms with Crippen LogP contribution in [0, 0.1) is 11.8 Å². The summed E-state index contributed by atoms with van der Waals surface area (Å²) in [6, 6.07) is -1.92. The number of aliphatic hydroxyl groups is 4. The van der Waals surface area contributed by atoms with E-state index in [1.807, 2.05) is 0 Å². The lowest BCUT2D eigenvalue weighted by molar-refractivity contribution is -0.165. The second kappa shape index (κ2) is 13.9. The molecule has 0 aromatic heterocycles. The zero-order valence-electron chi connectivity index (χ0n) is 17.4. The summed E-state index contributed by atoms with van der Waals surface area (Å²) in [7, 11) is 0. The van der Waals surface area contributed by atoms with Crippen LogP contribution >= 0.6 is 0 Å². The van der Waals surface area contributed by atoms with Gasteiger partial charge in [0.1, 0.15) is 49.7 Å². The van der Waals surface area contributed by atoms with Crippen LogP contribution < -0.4 is 10.6 Å². The Hall–Kier alpha value is -2.28. The minimum absolute atomic E-state index is 0.296. The molecule has 0 heterocycles. The molecular formula is C18H32N2O10. The van der Waals surface area contributed by atoms with Crippen LogP contribution in [0.25, 0.3) is 0 Å². The van der Waals surface area contributed by atoms with Crippen LogP contribution in [0.2, 0.25) is 0 Å². The van der Waals surface area contributed by atoms with Crippen LogP contribution in [0.4, 0.5) is 0 Å². The molecule has 2 amide bonds. The fraction of sp³-hybridized carbons (Fsp3) is 0.778. The number of esters is 2. The number of carbonyl (C=O) groups is 4. The number of hydrogen-bond donors (Lipinski definition) is 6. The largest absolute Gasteiger partial charge is 0.461 e. The van der Waals surface area contributed by atoms with E-state index < -0.39 is 61.7 Å². The molecule has 0 rings (SSSR count). The van der Waals surface area contributed by atoms with E-state index in [9.17, 15) is 39.6 Å². The van der Waals surface area contributed by atoms with Crippen molar-refractivity contribution in [3.8, 4) is 0 Å². The molecule has 12 heteroatoms. The van der Waals surface area contributed by atoms with Gasteiger partial charge in [0.25, 0.3) is 0 Å². The Morgan fingerprint density at radius 2 is 1.03 bits per heavy atom. The van der Waals surface area contributed by atoms with E-state index >= 15 is 0 Å². The van der Waals surface area contributed by atoms with E-state index in [-0.39, 0.29) is 11.8 Å². The van der Waals surface area contributed by atoms with Gasteiger partial charge in [0, 0.05) is 0 Å². The number of ether oxygens (including phenoxy) is 2. The summed E-state index contributed by atoms with van der Waals surface area (Å²) in [6.45, 7) is 5.19. The van der Waals surface area contributed by atoms with Gasteiger partial charge in [-0.3, -0.25) is 9.59 Å². The number of nitrogens with one attached hydrogen (secondary N) is 2. The Kier molecular flexibility index (Phi) is 12.8. The summed E-state index contributed by atoms with van der Waals surface area (Å²) in [5.41, 5.74) is 0. The van der Waals surface area contributed by atoms with Crippen molar-refractivity contribution in [1.29, 1.82) is 0 Å². The van der Waals surface area contributed by atoms with Crippen molar-refractivity contribution in [3.63, 3.8) is 0 Å². The normalized spacial score (nSPS) is 17.3. The Bertz CT molecular complexity index is 509. The monoisotopic (exact) mass is 436 g/mol. The van der Waals surface area contributed by atoms with Crippen LogP contribution in [0.1, 0.15) is 27.7 Å². The summed E-state index contributed by atoms with van der Waals surface area (Å²) >= 11 is 0. The summed E-state index contributed by atoms with van der Waals surface area (Å²) < 4.78 is 9.65. The van der Waals surface area contributed by atoms with Crippen molar-refractivity contribution in [2.24, 2.45) is 11.8 Å². The molecule has 0 aliphatic heterocycles. The molecule has 0 spiro atoms. The molecule has 12 nitrogen and oxygen atoms in total. The van der Waals surface area contributed by atoms with Gasteiger partial charge in [0.15, 0.2) is 0 Å². The van der Waals surface area contributed by atoms with Crippen LogP contribution in [0.15, 0.2) is 0 Å². The molecule has 0 saturated carbocycles. The summed E-state index contributed by atoms with van der Waals surface area (Å²) in [5.74, 6) is -2.30. The Morgan fingerprint density at radius 1 is 0.733 bits per heavy atom. The average Bonchev–Trinajstić information content (AvgIpc) is 2.69. The topological polar surface area (TPSA) is 192 Å². The highest BCUT2D eigenvalue weighted by atomic mass is 16.6. The van der Waals surface area contributed by atoms with Gasteiger partial charge in [-0.15, -0.1) is 0 Å². The fourth-order valence-electron chi connectivity index (χ4n) is 2.38. The SMILES string of the molecule is CC(C)[C@@H](NC=O)C(=O)OC[C@@H](O)[C@@H](O)[C@@H](O)[C@@H](O)COC(=O)[C@H](NC=O)C(C)C. The van der Waals surface area contributed by atoms with E-state index in [1.165, 1.54) is 0 Å². The van der Waals surface area contributed by atoms with Crippen molar-refractivity contribution in [1.82, 2.24) is 10.6 Å². The lowest BCUT2D eigenvalue weighted by Gasteiger charge is -2.27. The van der Waals surface area contributed by atoms with Crippen molar-refractivity contribution < 1.29 is 49.1 Å². The molecule has 0 radical (unpaired) electrons. The lowest BCUT2D eigenvalue weighted by atomic mass is 10.0. The smallest absolute Gasteiger partial charge is 0.328 e. The highest BCUT2D eigenvalue weighted by Gasteiger charge is 2.33. The Morgan fingerprint density at radius 3 is 1.27 bits per heavy atom. The van der Waals surface area contributed by atoms with Crippen LogP contribution in [0.5, 0.6) is 0 Å². The molecule has 0 aliphatic carbocycles. The minimum Gasteiger partial charge on any atom is -0.461 e. The van der Waals surface area contributed by atoms with Gasteiger partial charge >= 0.3 is 11.9 Å². The number of amides is 2. The maximum absolute atomic E-state index is 11.9. The molecular weight excluding hydrogens is 404 g/mol. The molecule has 6 atom stereocenters. The Labute approximate surface area is 174 Å². The zero-order chi connectivity index (χ0) is 23.4. The second-order valence-corrected chi connectivity index (χ2v) is 7.39. The Balaban J connectivity index is 4.66. The van der Waals surface area contributed by atoms with E-state index in [2.05, 4.69) is 10.6 Å². The van der Waals surface area contributed by atoms with Crippen LogP contribution in [-0.4, -0.2) is 94.9 Å². The first kappa shape index (κ1) is 27.7. The van der Waals surface area contributed by atoms with Crippen molar-refractivity contribution in [2.75, 3.05) is 13.2 Å². The highest BCUT2D eigenvalue weighted by molar-refractivity contribution is 5.79. The first-order valence-corrected chi connectivity index (χ1v) is 9.42. The fourth-order valence-corrected chi connectivity index (χ4v) is 2.38. The molecule has 0 aliphatic rings. The molecule has 0 aromatic carbocycles. The standard InChI is InChI=1S/C18H32N2O10/c1-9(2)13(19-7-21)17(27)29-5-11(23)15(25)16(26)12(24)6-30-18(28)14(10(3)4)20-8-22/h7-16,23-26H,5-6H2,1-4H3,(H,19,21)(H,20,22)/t11-,12+,13-,14-,15-,16+/m1/s1. The average molecular weight is 436 g/mol. The third kappa shape index (κ3) is 9.03. The third-order valence-corrected chi connectivity index (χ3v) is 4.27. The first-order valence-electron chi connectivity index (χ1n) is 9.42. The van der Waals surface area contributed by atoms with E-state index in [4.69, 9.17) is 9.47 Å². The van der Waals surface area contributed by atoms with Crippen molar-refractivity contribution >= 4 is 24.8 Å². The van der Waals surface area contributed by atoms with Crippen molar-refractivity contribution in [2.45, 2.75) is 64.2 Å². The molecule has 0 bridgehead atoms. The number of hydrogen-bond acceptors (Lipinski definition) is 10. The van der Waals surface area contributed by atoms with Gasteiger partial charge in [-0.25, -0.2) is 9.59 Å². The maximum atomic E-state index is 11.9. The van der Waals surface area contributed by atoms with Crippen LogP contribution in [0.3, 0.4) is 0 Å². The lowest BCUT2D eigenvalue weighted by Crippen LogP contribution is -2.49. The zero-order valence-corrected chi connectivity index (χ0v) is 17.4. The van der Waals surface area contributed by atoms with Gasteiger partial charge in [-0.2, -0.15) is 0 Å². The first-order chi connectivity index (χ1) is 14.0. The third-order valence-electron chi connectivity index (χ3n) is 4.27. The highest BCUT2D eigenvalue weighted by Crippen LogP contribution is 2.10. The second-order valence-electron chi connectivity index (χ2n) is 7.39. The molecule has 0 aromatic rings. The van der Waals surface area contributed by atoms with Gasteiger partial charge in [0.2, 0.25) is 12.8 Å². The van der Waals surface area contributed by atoms with Crippen molar-refractivity contribution in [3.05, 3.63) is 0 Å². The summed E-state index contributed by atoms with van der Waals surface area (Å²) in [5, 5.41) is 44.2. The van der Waals surface area contributed by atoms with Gasteiger partial charge in [-0.1, -0.05) is 27.7 Å². The van der Waals surface area contributed by atoms with Crippen LogP contribution in [-0.2, 0) is 28.7 Å². The maximum Gasteiger partial charge on any atom is 0.328 e. The van der Waals surface area contributed by atoms with E-state index in [1.54, 1.807) is 27.7 Å². The quantitative estimate of drug-likeness (QED) is 0.114. The molecule has 30 heavy (non-hydrogen) atoms. The van der Waals surface area contributed by atoms with Gasteiger partial charge < -0.3 is 40.5 Å². The summed E-state index contributed by atoms with van der Waals surface area (Å²) in [6.07, 6.45) is -6.74. The summed E-state index contributed by atoms with van der Waals surface area (Å²) in [4.78, 5) is 44.9. The minimum atomic E-state index is -1.93. The van der Waals surface area contributed by atoms with Gasteiger partial charge in [-0.05, 0) is 11.8 Å². The van der Waals surface area contributed by atoms with E-state index in [0.29, 0.717) is 12.8 Å². The molecule has 174 valence electrons. The molecule has 0 fully saturated rings. The molecule has 0 saturated heterocycles.